The minimum Gasteiger partial charge on any atom is -0.330 e. The highest BCUT2D eigenvalue weighted by atomic mass is 19.1. The SMILES string of the molecule is NCCC(F)c1ccc2ccccc2c1. The van der Waals surface area contributed by atoms with Crippen LogP contribution in [0.4, 0.5) is 4.39 Å². The van der Waals surface area contributed by atoms with Gasteiger partial charge in [0.25, 0.3) is 0 Å². The summed E-state index contributed by atoms with van der Waals surface area (Å²) in [4.78, 5) is 0. The van der Waals surface area contributed by atoms with E-state index < -0.39 is 6.17 Å². The summed E-state index contributed by atoms with van der Waals surface area (Å²) in [6.45, 7) is 0.383. The van der Waals surface area contributed by atoms with Crippen molar-refractivity contribution in [3.63, 3.8) is 0 Å². The van der Waals surface area contributed by atoms with Crippen molar-refractivity contribution in [2.75, 3.05) is 6.54 Å². The van der Waals surface area contributed by atoms with Gasteiger partial charge in [-0.15, -0.1) is 0 Å². The van der Waals surface area contributed by atoms with E-state index in [1.165, 1.54) is 0 Å². The molecule has 0 aliphatic carbocycles. The van der Waals surface area contributed by atoms with E-state index in [2.05, 4.69) is 0 Å². The van der Waals surface area contributed by atoms with Gasteiger partial charge in [-0.3, -0.25) is 0 Å². The Kier molecular flexibility index (Phi) is 2.97. The highest BCUT2D eigenvalue weighted by Gasteiger charge is 2.08. The summed E-state index contributed by atoms with van der Waals surface area (Å²) in [5.74, 6) is 0. The molecule has 2 rings (SSSR count). The molecule has 0 aliphatic rings. The lowest BCUT2D eigenvalue weighted by Crippen LogP contribution is -2.03. The summed E-state index contributed by atoms with van der Waals surface area (Å²) in [6, 6.07) is 13.6. The molecule has 1 unspecified atom stereocenters. The molecule has 0 spiro atoms. The van der Waals surface area contributed by atoms with E-state index in [1.807, 2.05) is 42.5 Å². The van der Waals surface area contributed by atoms with Crippen LogP contribution in [0.2, 0.25) is 0 Å². The number of fused-ring (bicyclic) bond motifs is 1. The van der Waals surface area contributed by atoms with Gasteiger partial charge in [0.05, 0.1) is 0 Å². The van der Waals surface area contributed by atoms with Gasteiger partial charge in [0.15, 0.2) is 0 Å². The molecule has 2 aromatic carbocycles. The molecular weight excluding hydrogens is 189 g/mol. The third kappa shape index (κ3) is 2.16. The van der Waals surface area contributed by atoms with Gasteiger partial charge in [0.2, 0.25) is 0 Å². The predicted molar refractivity (Wildman–Crippen MR) is 61.5 cm³/mol. The minimum absolute atomic E-state index is 0.383. The number of hydrogen-bond acceptors (Lipinski definition) is 1. The molecule has 1 atom stereocenters. The zero-order chi connectivity index (χ0) is 10.7. The molecule has 0 heterocycles. The van der Waals surface area contributed by atoms with Crippen LogP contribution in [0.5, 0.6) is 0 Å². The summed E-state index contributed by atoms with van der Waals surface area (Å²) in [5.41, 5.74) is 6.06. The lowest BCUT2D eigenvalue weighted by atomic mass is 10.0. The summed E-state index contributed by atoms with van der Waals surface area (Å²) < 4.78 is 13.6. The normalized spacial score (nSPS) is 12.9. The zero-order valence-corrected chi connectivity index (χ0v) is 8.49. The molecule has 15 heavy (non-hydrogen) atoms. The molecular formula is C13H14FN. The zero-order valence-electron chi connectivity index (χ0n) is 8.49. The van der Waals surface area contributed by atoms with Crippen molar-refractivity contribution < 1.29 is 4.39 Å². The van der Waals surface area contributed by atoms with Gasteiger partial charge in [0, 0.05) is 0 Å². The second kappa shape index (κ2) is 4.41. The van der Waals surface area contributed by atoms with Crippen molar-refractivity contribution in [2.24, 2.45) is 5.73 Å². The van der Waals surface area contributed by atoms with Gasteiger partial charge in [-0.05, 0) is 35.4 Å². The molecule has 0 radical (unpaired) electrons. The highest BCUT2D eigenvalue weighted by Crippen LogP contribution is 2.24. The number of alkyl halides is 1. The Morgan fingerprint density at radius 3 is 2.53 bits per heavy atom. The fourth-order valence-corrected chi connectivity index (χ4v) is 1.72. The molecule has 0 bridgehead atoms. The van der Waals surface area contributed by atoms with E-state index in [9.17, 15) is 4.39 Å². The molecule has 0 saturated heterocycles. The maximum absolute atomic E-state index is 13.6. The van der Waals surface area contributed by atoms with Crippen molar-refractivity contribution >= 4 is 10.8 Å². The maximum Gasteiger partial charge on any atom is 0.126 e. The molecule has 0 aliphatic heterocycles. The van der Waals surface area contributed by atoms with Crippen LogP contribution in [0.25, 0.3) is 10.8 Å². The topological polar surface area (TPSA) is 26.0 Å². The first-order valence-corrected chi connectivity index (χ1v) is 5.14. The first-order chi connectivity index (χ1) is 7.31. The fraction of sp³-hybridized carbons (Fsp3) is 0.231. The van der Waals surface area contributed by atoms with Gasteiger partial charge in [0.1, 0.15) is 6.17 Å². The van der Waals surface area contributed by atoms with E-state index in [0.717, 1.165) is 16.3 Å². The van der Waals surface area contributed by atoms with Gasteiger partial charge >= 0.3 is 0 Å². The monoisotopic (exact) mass is 203 g/mol. The van der Waals surface area contributed by atoms with Crippen LogP contribution in [0.1, 0.15) is 18.2 Å². The molecule has 0 fully saturated rings. The standard InChI is InChI=1S/C13H14FN/c14-13(7-8-15)12-6-5-10-3-1-2-4-11(10)9-12/h1-6,9,13H,7-8,15H2. The summed E-state index contributed by atoms with van der Waals surface area (Å²) in [7, 11) is 0. The van der Waals surface area contributed by atoms with E-state index in [0.29, 0.717) is 13.0 Å². The molecule has 78 valence electrons. The third-order valence-electron chi connectivity index (χ3n) is 2.56. The Morgan fingerprint density at radius 1 is 1.07 bits per heavy atom. The summed E-state index contributed by atoms with van der Waals surface area (Å²) in [5, 5.41) is 2.22. The molecule has 2 N–H and O–H groups in total. The predicted octanol–water partition coefficient (Wildman–Crippen LogP) is 3.20. The van der Waals surface area contributed by atoms with Crippen LogP contribution in [0, 0.1) is 0 Å². The lowest BCUT2D eigenvalue weighted by Gasteiger charge is -2.08. The van der Waals surface area contributed by atoms with Gasteiger partial charge in [-0.25, -0.2) is 4.39 Å². The second-order valence-electron chi connectivity index (χ2n) is 3.65. The molecule has 2 aromatic rings. The van der Waals surface area contributed by atoms with Crippen molar-refractivity contribution in [1.29, 1.82) is 0 Å². The fourth-order valence-electron chi connectivity index (χ4n) is 1.72. The minimum atomic E-state index is -0.945. The third-order valence-corrected chi connectivity index (χ3v) is 2.56. The molecule has 1 nitrogen and oxygen atoms in total. The van der Waals surface area contributed by atoms with Crippen LogP contribution in [0.3, 0.4) is 0 Å². The second-order valence-corrected chi connectivity index (χ2v) is 3.65. The van der Waals surface area contributed by atoms with Crippen LogP contribution in [-0.2, 0) is 0 Å². The lowest BCUT2D eigenvalue weighted by molar-refractivity contribution is 0.328. The summed E-state index contributed by atoms with van der Waals surface area (Å²) in [6.07, 6.45) is -0.558. The average Bonchev–Trinajstić information content (AvgIpc) is 2.29. The smallest absolute Gasteiger partial charge is 0.126 e. The van der Waals surface area contributed by atoms with Gasteiger partial charge in [-0.1, -0.05) is 36.4 Å². The van der Waals surface area contributed by atoms with Crippen LogP contribution in [0.15, 0.2) is 42.5 Å². The van der Waals surface area contributed by atoms with Gasteiger partial charge < -0.3 is 5.73 Å². The van der Waals surface area contributed by atoms with Crippen LogP contribution in [-0.4, -0.2) is 6.54 Å². The Morgan fingerprint density at radius 2 is 1.80 bits per heavy atom. The number of hydrogen-bond donors (Lipinski definition) is 1. The van der Waals surface area contributed by atoms with E-state index in [1.54, 1.807) is 0 Å². The Bertz CT molecular complexity index is 453. The Labute approximate surface area is 88.7 Å². The van der Waals surface area contributed by atoms with Crippen molar-refractivity contribution in [2.45, 2.75) is 12.6 Å². The number of halogens is 1. The first kappa shape index (κ1) is 10.1. The number of nitrogens with two attached hydrogens (primary N) is 1. The Hall–Kier alpha value is -1.41. The Balaban J connectivity index is 2.38. The molecule has 0 aromatic heterocycles. The quantitative estimate of drug-likeness (QED) is 0.814. The van der Waals surface area contributed by atoms with Gasteiger partial charge in [-0.2, -0.15) is 0 Å². The van der Waals surface area contributed by atoms with Crippen molar-refractivity contribution in [1.82, 2.24) is 0 Å². The molecule has 0 amide bonds. The summed E-state index contributed by atoms with van der Waals surface area (Å²) >= 11 is 0. The van der Waals surface area contributed by atoms with Crippen LogP contribution >= 0.6 is 0 Å². The number of benzene rings is 2. The molecule has 0 saturated carbocycles. The maximum atomic E-state index is 13.6. The van der Waals surface area contributed by atoms with Crippen LogP contribution < -0.4 is 5.73 Å². The first-order valence-electron chi connectivity index (χ1n) is 5.14. The van der Waals surface area contributed by atoms with Crippen molar-refractivity contribution in [3.8, 4) is 0 Å². The highest BCUT2D eigenvalue weighted by molar-refractivity contribution is 5.83. The van der Waals surface area contributed by atoms with E-state index >= 15 is 0 Å². The largest absolute Gasteiger partial charge is 0.330 e. The van der Waals surface area contributed by atoms with E-state index in [4.69, 9.17) is 5.73 Å². The van der Waals surface area contributed by atoms with Crippen molar-refractivity contribution in [3.05, 3.63) is 48.0 Å². The van der Waals surface area contributed by atoms with E-state index in [-0.39, 0.29) is 0 Å². The number of rotatable bonds is 3. The average molecular weight is 203 g/mol. The molecule has 2 heteroatoms.